The Labute approximate surface area is 143 Å². The number of rotatable bonds is 5. The van der Waals surface area contributed by atoms with Crippen LogP contribution in [-0.4, -0.2) is 35.0 Å². The first-order chi connectivity index (χ1) is 11.3. The largest absolute Gasteiger partial charge is 0.482 e. The van der Waals surface area contributed by atoms with Crippen LogP contribution in [0.5, 0.6) is 5.75 Å². The fraction of sp³-hybridized carbons (Fsp3) is 0.350. The van der Waals surface area contributed by atoms with Gasteiger partial charge in [-0.05, 0) is 31.5 Å². The lowest BCUT2D eigenvalue weighted by molar-refractivity contribution is -0.884. The standard InChI is InChI=1S/C20H26N3O/c1-15-18(14-23(3,4)5)22-13-9-12-19(20(22)21-15)24-16(2)17-10-7-6-8-11-17/h6-13,16H,14H2,1-5H3/q+1. The summed E-state index contributed by atoms with van der Waals surface area (Å²) in [6, 6.07) is 14.3. The highest BCUT2D eigenvalue weighted by molar-refractivity contribution is 5.56. The van der Waals surface area contributed by atoms with Crippen LogP contribution < -0.4 is 4.74 Å². The summed E-state index contributed by atoms with van der Waals surface area (Å²) in [6.07, 6.45) is 2.05. The molecule has 0 bridgehead atoms. The Morgan fingerprint density at radius 1 is 1.08 bits per heavy atom. The molecule has 1 aromatic carbocycles. The van der Waals surface area contributed by atoms with Gasteiger partial charge in [0.25, 0.3) is 0 Å². The summed E-state index contributed by atoms with van der Waals surface area (Å²) in [6.45, 7) is 5.06. The van der Waals surface area contributed by atoms with Gasteiger partial charge >= 0.3 is 0 Å². The first-order valence-corrected chi connectivity index (χ1v) is 8.34. The molecule has 24 heavy (non-hydrogen) atoms. The number of benzene rings is 1. The minimum absolute atomic E-state index is 0.0174. The zero-order valence-corrected chi connectivity index (χ0v) is 15.2. The molecule has 0 N–H and O–H groups in total. The van der Waals surface area contributed by atoms with E-state index in [0.717, 1.165) is 33.7 Å². The van der Waals surface area contributed by atoms with Gasteiger partial charge < -0.3 is 9.22 Å². The second-order valence-electron chi connectivity index (χ2n) is 7.33. The van der Waals surface area contributed by atoms with E-state index in [0.29, 0.717) is 0 Å². The first-order valence-electron chi connectivity index (χ1n) is 8.34. The van der Waals surface area contributed by atoms with E-state index in [2.05, 4.69) is 57.7 Å². The van der Waals surface area contributed by atoms with Gasteiger partial charge in [-0.1, -0.05) is 30.3 Å². The molecule has 0 aliphatic rings. The molecule has 4 nitrogen and oxygen atoms in total. The Kier molecular flexibility index (Phi) is 4.33. The third-order valence-corrected chi connectivity index (χ3v) is 4.11. The van der Waals surface area contributed by atoms with Gasteiger partial charge in [0.1, 0.15) is 18.3 Å². The third kappa shape index (κ3) is 3.44. The summed E-state index contributed by atoms with van der Waals surface area (Å²) in [7, 11) is 6.57. The summed E-state index contributed by atoms with van der Waals surface area (Å²) in [5, 5.41) is 0. The molecule has 3 rings (SSSR count). The van der Waals surface area contributed by atoms with Gasteiger partial charge in [-0.3, -0.25) is 4.40 Å². The fourth-order valence-corrected chi connectivity index (χ4v) is 2.92. The van der Waals surface area contributed by atoms with Crippen LogP contribution in [0.2, 0.25) is 0 Å². The van der Waals surface area contributed by atoms with Crippen LogP contribution in [0.3, 0.4) is 0 Å². The molecule has 0 radical (unpaired) electrons. The van der Waals surface area contributed by atoms with Crippen molar-refractivity contribution in [3.8, 4) is 5.75 Å². The number of quaternary nitrogens is 1. The second kappa shape index (κ2) is 6.29. The second-order valence-corrected chi connectivity index (χ2v) is 7.33. The Morgan fingerprint density at radius 3 is 2.46 bits per heavy atom. The van der Waals surface area contributed by atoms with E-state index in [-0.39, 0.29) is 6.10 Å². The quantitative estimate of drug-likeness (QED) is 0.663. The highest BCUT2D eigenvalue weighted by atomic mass is 16.5. The Hall–Kier alpha value is -2.33. The molecule has 3 aromatic rings. The number of hydrogen-bond donors (Lipinski definition) is 0. The van der Waals surface area contributed by atoms with E-state index >= 15 is 0 Å². The van der Waals surface area contributed by atoms with Gasteiger partial charge in [-0.2, -0.15) is 0 Å². The van der Waals surface area contributed by atoms with Crippen molar-refractivity contribution in [2.24, 2.45) is 0 Å². The van der Waals surface area contributed by atoms with E-state index in [1.165, 1.54) is 5.69 Å². The summed E-state index contributed by atoms with van der Waals surface area (Å²) >= 11 is 0. The molecule has 0 aliphatic carbocycles. The monoisotopic (exact) mass is 324 g/mol. The van der Waals surface area contributed by atoms with Crippen molar-refractivity contribution < 1.29 is 9.22 Å². The first kappa shape index (κ1) is 16.5. The lowest BCUT2D eigenvalue weighted by atomic mass is 10.1. The number of aryl methyl sites for hydroxylation is 1. The smallest absolute Gasteiger partial charge is 0.180 e. The van der Waals surface area contributed by atoms with Crippen LogP contribution in [0.25, 0.3) is 5.65 Å². The van der Waals surface area contributed by atoms with Gasteiger partial charge in [0, 0.05) is 6.20 Å². The molecular formula is C20H26N3O+. The van der Waals surface area contributed by atoms with Crippen LogP contribution in [0.15, 0.2) is 48.7 Å². The van der Waals surface area contributed by atoms with Crippen LogP contribution in [0.4, 0.5) is 0 Å². The number of ether oxygens (including phenoxy) is 1. The van der Waals surface area contributed by atoms with E-state index in [1.807, 2.05) is 30.3 Å². The van der Waals surface area contributed by atoms with E-state index < -0.39 is 0 Å². The number of imidazole rings is 1. The molecular weight excluding hydrogens is 298 g/mol. The minimum Gasteiger partial charge on any atom is -0.482 e. The number of hydrogen-bond acceptors (Lipinski definition) is 2. The lowest BCUT2D eigenvalue weighted by Crippen LogP contribution is -2.34. The third-order valence-electron chi connectivity index (χ3n) is 4.11. The maximum atomic E-state index is 6.22. The van der Waals surface area contributed by atoms with Crippen LogP contribution >= 0.6 is 0 Å². The maximum absolute atomic E-state index is 6.22. The van der Waals surface area contributed by atoms with E-state index in [9.17, 15) is 0 Å². The predicted octanol–water partition coefficient (Wildman–Crippen LogP) is 3.99. The molecule has 0 saturated carbocycles. The van der Waals surface area contributed by atoms with Crippen molar-refractivity contribution in [1.82, 2.24) is 9.38 Å². The van der Waals surface area contributed by atoms with E-state index in [1.54, 1.807) is 0 Å². The van der Waals surface area contributed by atoms with Crippen molar-refractivity contribution in [2.45, 2.75) is 26.5 Å². The Balaban J connectivity index is 1.97. The molecule has 1 unspecified atom stereocenters. The van der Waals surface area contributed by atoms with E-state index in [4.69, 9.17) is 9.72 Å². The fourth-order valence-electron chi connectivity index (χ4n) is 2.92. The topological polar surface area (TPSA) is 26.5 Å². The highest BCUT2D eigenvalue weighted by Crippen LogP contribution is 2.27. The Morgan fingerprint density at radius 2 is 1.79 bits per heavy atom. The molecule has 0 fully saturated rings. The average Bonchev–Trinajstić information content (AvgIpc) is 2.84. The van der Waals surface area contributed by atoms with Gasteiger partial charge in [0.15, 0.2) is 11.4 Å². The van der Waals surface area contributed by atoms with Crippen molar-refractivity contribution >= 4 is 5.65 Å². The normalized spacial score (nSPS) is 13.2. The number of aromatic nitrogens is 2. The zero-order chi connectivity index (χ0) is 17.3. The zero-order valence-electron chi connectivity index (χ0n) is 15.2. The van der Waals surface area contributed by atoms with Crippen LogP contribution in [0.1, 0.15) is 30.0 Å². The van der Waals surface area contributed by atoms with Gasteiger partial charge in [0.05, 0.1) is 26.8 Å². The summed E-state index contributed by atoms with van der Waals surface area (Å²) in [5.74, 6) is 0.824. The van der Waals surface area contributed by atoms with Gasteiger partial charge in [0.2, 0.25) is 0 Å². The summed E-state index contributed by atoms with van der Waals surface area (Å²) in [4.78, 5) is 4.77. The van der Waals surface area contributed by atoms with Crippen molar-refractivity contribution in [3.05, 3.63) is 65.6 Å². The average molecular weight is 324 g/mol. The van der Waals surface area contributed by atoms with Crippen molar-refractivity contribution in [2.75, 3.05) is 21.1 Å². The summed E-state index contributed by atoms with van der Waals surface area (Å²) < 4.78 is 9.24. The molecule has 2 aromatic heterocycles. The van der Waals surface area contributed by atoms with Crippen molar-refractivity contribution in [1.29, 1.82) is 0 Å². The number of pyridine rings is 1. The highest BCUT2D eigenvalue weighted by Gasteiger charge is 2.19. The lowest BCUT2D eigenvalue weighted by Gasteiger charge is -2.24. The van der Waals surface area contributed by atoms with Gasteiger partial charge in [-0.25, -0.2) is 4.98 Å². The number of nitrogens with zero attached hydrogens (tertiary/aromatic N) is 3. The minimum atomic E-state index is -0.0174. The number of fused-ring (bicyclic) bond motifs is 1. The predicted molar refractivity (Wildman–Crippen MR) is 97.2 cm³/mol. The van der Waals surface area contributed by atoms with Crippen molar-refractivity contribution in [3.63, 3.8) is 0 Å². The molecule has 126 valence electrons. The molecule has 1 atom stereocenters. The molecule has 0 aliphatic heterocycles. The molecule has 4 heteroatoms. The van der Waals surface area contributed by atoms with Crippen LogP contribution in [-0.2, 0) is 6.54 Å². The van der Waals surface area contributed by atoms with Gasteiger partial charge in [-0.15, -0.1) is 0 Å². The molecule has 0 spiro atoms. The molecule has 2 heterocycles. The maximum Gasteiger partial charge on any atom is 0.180 e. The molecule has 0 saturated heterocycles. The Bertz CT molecular complexity index is 831. The summed E-state index contributed by atoms with van der Waals surface area (Å²) in [5.41, 5.74) is 4.34. The molecule has 0 amide bonds. The van der Waals surface area contributed by atoms with Crippen LogP contribution in [0, 0.1) is 6.92 Å². The SMILES string of the molecule is Cc1nc2c(OC(C)c3ccccc3)cccn2c1C[N+](C)(C)C.